The standard InChI is InChI=1S/C24H18F3N3O4S/c1-15-14-23(15)21(31)29(17-7-9-19(10-8-17)35(33,34)24(25,26)27)22(32)30(23)18-11-12-28-20(13-18)16-5-3-2-4-6-16/h2-13,15H,14H2,1H3. The molecule has 1 aliphatic heterocycles. The summed E-state index contributed by atoms with van der Waals surface area (Å²) in [5, 5.41) is 0. The largest absolute Gasteiger partial charge is 0.501 e. The summed E-state index contributed by atoms with van der Waals surface area (Å²) in [6, 6.07) is 15.5. The van der Waals surface area contributed by atoms with Crippen molar-refractivity contribution in [1.29, 1.82) is 0 Å². The van der Waals surface area contributed by atoms with E-state index in [4.69, 9.17) is 0 Å². The van der Waals surface area contributed by atoms with Gasteiger partial charge in [-0.15, -0.1) is 0 Å². The van der Waals surface area contributed by atoms with Crippen molar-refractivity contribution in [2.24, 2.45) is 5.92 Å². The molecule has 1 saturated heterocycles. The number of halogens is 3. The highest BCUT2D eigenvalue weighted by Crippen LogP contribution is 2.55. The Morgan fingerprint density at radius 1 is 0.971 bits per heavy atom. The van der Waals surface area contributed by atoms with E-state index in [-0.39, 0.29) is 11.6 Å². The SMILES string of the molecule is CC1CC12C(=O)N(c1ccc(S(=O)(=O)C(F)(F)F)cc1)C(=O)N2c1ccnc(-c2ccccc2)c1. The number of alkyl halides is 3. The van der Waals surface area contributed by atoms with Crippen LogP contribution in [0.3, 0.4) is 0 Å². The molecule has 7 nitrogen and oxygen atoms in total. The van der Waals surface area contributed by atoms with Gasteiger partial charge >= 0.3 is 11.5 Å². The zero-order valence-electron chi connectivity index (χ0n) is 18.2. The normalized spacial score (nSPS) is 22.2. The quantitative estimate of drug-likeness (QED) is 0.480. The Morgan fingerprint density at radius 2 is 1.60 bits per heavy atom. The summed E-state index contributed by atoms with van der Waals surface area (Å²) < 4.78 is 62.0. The Labute approximate surface area is 198 Å². The number of imide groups is 1. The van der Waals surface area contributed by atoms with Gasteiger partial charge in [0, 0.05) is 11.8 Å². The van der Waals surface area contributed by atoms with Gasteiger partial charge in [0.15, 0.2) is 0 Å². The van der Waals surface area contributed by atoms with Gasteiger partial charge in [-0.1, -0.05) is 37.3 Å². The molecule has 35 heavy (non-hydrogen) atoms. The molecule has 0 bridgehead atoms. The average Bonchev–Trinajstić information content (AvgIpc) is 3.44. The van der Waals surface area contributed by atoms with Crippen LogP contribution in [0.15, 0.2) is 77.8 Å². The van der Waals surface area contributed by atoms with Crippen molar-refractivity contribution in [3.05, 3.63) is 72.9 Å². The lowest BCUT2D eigenvalue weighted by Gasteiger charge is -2.22. The first-order valence-corrected chi connectivity index (χ1v) is 12.1. The average molecular weight is 501 g/mol. The third kappa shape index (κ3) is 3.41. The van der Waals surface area contributed by atoms with Gasteiger partial charge in [-0.05, 0) is 48.7 Å². The van der Waals surface area contributed by atoms with Gasteiger partial charge in [0.1, 0.15) is 5.54 Å². The number of amides is 3. The van der Waals surface area contributed by atoms with Crippen LogP contribution in [-0.2, 0) is 14.6 Å². The molecule has 2 aliphatic rings. The minimum atomic E-state index is -5.55. The Bertz CT molecular complexity index is 1440. The number of carbonyl (C=O) groups is 2. The molecule has 5 rings (SSSR count). The molecule has 2 unspecified atom stereocenters. The molecule has 3 aromatic rings. The fraction of sp³-hybridized carbons (Fsp3) is 0.208. The maximum absolute atomic E-state index is 13.5. The number of sulfone groups is 1. The first-order chi connectivity index (χ1) is 16.5. The van der Waals surface area contributed by atoms with Crippen LogP contribution in [-0.4, -0.2) is 36.4 Å². The fourth-order valence-electron chi connectivity index (χ4n) is 4.47. The molecule has 1 saturated carbocycles. The Hall–Kier alpha value is -3.73. The van der Waals surface area contributed by atoms with Crippen LogP contribution in [0.25, 0.3) is 11.3 Å². The van der Waals surface area contributed by atoms with Gasteiger partial charge in [0.25, 0.3) is 15.7 Å². The minimum Gasteiger partial charge on any atom is -0.278 e. The number of hydrogen-bond donors (Lipinski definition) is 0. The maximum Gasteiger partial charge on any atom is 0.501 e. The summed E-state index contributed by atoms with van der Waals surface area (Å²) in [6.07, 6.45) is 1.95. The van der Waals surface area contributed by atoms with E-state index in [0.29, 0.717) is 17.8 Å². The van der Waals surface area contributed by atoms with Crippen LogP contribution in [0.2, 0.25) is 0 Å². The molecule has 3 amide bonds. The zero-order valence-corrected chi connectivity index (χ0v) is 19.0. The fourth-order valence-corrected chi connectivity index (χ4v) is 5.23. The van der Waals surface area contributed by atoms with Crippen molar-refractivity contribution >= 4 is 33.2 Å². The molecular weight excluding hydrogens is 483 g/mol. The van der Waals surface area contributed by atoms with Gasteiger partial charge < -0.3 is 0 Å². The summed E-state index contributed by atoms with van der Waals surface area (Å²) in [7, 11) is -5.55. The molecule has 2 aromatic carbocycles. The number of pyridine rings is 1. The molecule has 0 N–H and O–H groups in total. The molecule has 1 spiro atoms. The summed E-state index contributed by atoms with van der Waals surface area (Å²) >= 11 is 0. The van der Waals surface area contributed by atoms with E-state index in [9.17, 15) is 31.2 Å². The monoisotopic (exact) mass is 501 g/mol. The van der Waals surface area contributed by atoms with Crippen molar-refractivity contribution in [3.8, 4) is 11.3 Å². The molecule has 1 aliphatic carbocycles. The highest BCUT2D eigenvalue weighted by molar-refractivity contribution is 7.92. The first-order valence-electron chi connectivity index (χ1n) is 10.6. The van der Waals surface area contributed by atoms with E-state index >= 15 is 0 Å². The van der Waals surface area contributed by atoms with Gasteiger partial charge in [-0.2, -0.15) is 13.2 Å². The van der Waals surface area contributed by atoms with Crippen LogP contribution in [0.5, 0.6) is 0 Å². The lowest BCUT2D eigenvalue weighted by atomic mass is 10.1. The Balaban J connectivity index is 1.53. The maximum atomic E-state index is 13.5. The number of urea groups is 1. The molecule has 2 atom stereocenters. The van der Waals surface area contributed by atoms with Crippen molar-refractivity contribution in [1.82, 2.24) is 4.98 Å². The van der Waals surface area contributed by atoms with Crippen LogP contribution in [0.1, 0.15) is 13.3 Å². The van der Waals surface area contributed by atoms with Crippen molar-refractivity contribution in [2.45, 2.75) is 29.3 Å². The van der Waals surface area contributed by atoms with Crippen molar-refractivity contribution in [2.75, 3.05) is 9.80 Å². The van der Waals surface area contributed by atoms with Gasteiger partial charge in [-0.25, -0.2) is 18.1 Å². The van der Waals surface area contributed by atoms with E-state index < -0.39 is 37.7 Å². The highest BCUT2D eigenvalue weighted by Gasteiger charge is 2.70. The topological polar surface area (TPSA) is 87.7 Å². The van der Waals surface area contributed by atoms with E-state index in [1.807, 2.05) is 37.3 Å². The number of rotatable bonds is 4. The van der Waals surface area contributed by atoms with Gasteiger partial charge in [0.2, 0.25) is 0 Å². The lowest BCUT2D eigenvalue weighted by molar-refractivity contribution is -0.119. The predicted molar refractivity (Wildman–Crippen MR) is 121 cm³/mol. The van der Waals surface area contributed by atoms with Crippen LogP contribution in [0.4, 0.5) is 29.3 Å². The van der Waals surface area contributed by atoms with Crippen molar-refractivity contribution in [3.63, 3.8) is 0 Å². The predicted octanol–water partition coefficient (Wildman–Crippen LogP) is 4.79. The molecular formula is C24H18F3N3O4S. The summed E-state index contributed by atoms with van der Waals surface area (Å²) in [5.41, 5.74) is -4.71. The number of aromatic nitrogens is 1. The molecule has 2 fully saturated rings. The molecule has 1 aromatic heterocycles. The first kappa shape index (κ1) is 23.0. The number of nitrogens with zero attached hydrogens (tertiary/aromatic N) is 3. The molecule has 2 heterocycles. The van der Waals surface area contributed by atoms with Crippen LogP contribution in [0, 0.1) is 5.92 Å². The summed E-state index contributed by atoms with van der Waals surface area (Å²) in [6.45, 7) is 1.83. The second-order valence-corrected chi connectivity index (χ2v) is 10.4. The second kappa shape index (κ2) is 7.64. The van der Waals surface area contributed by atoms with E-state index in [1.54, 1.807) is 12.1 Å². The van der Waals surface area contributed by atoms with Gasteiger partial charge in [-0.3, -0.25) is 14.7 Å². The molecule has 11 heteroatoms. The highest BCUT2D eigenvalue weighted by atomic mass is 32.2. The number of anilines is 2. The zero-order chi connectivity index (χ0) is 25.2. The van der Waals surface area contributed by atoms with E-state index in [0.717, 1.165) is 34.7 Å². The van der Waals surface area contributed by atoms with Crippen LogP contribution >= 0.6 is 0 Å². The Kier molecular flexibility index (Phi) is 5.03. The summed E-state index contributed by atoms with van der Waals surface area (Å²) in [5.74, 6) is -0.665. The third-order valence-electron chi connectivity index (χ3n) is 6.41. The number of benzene rings is 2. The van der Waals surface area contributed by atoms with E-state index in [1.165, 1.54) is 11.1 Å². The third-order valence-corrected chi connectivity index (χ3v) is 7.91. The number of carbonyl (C=O) groups excluding carboxylic acids is 2. The van der Waals surface area contributed by atoms with Gasteiger partial charge in [0.05, 0.1) is 22.0 Å². The second-order valence-electron chi connectivity index (χ2n) is 8.50. The van der Waals surface area contributed by atoms with E-state index in [2.05, 4.69) is 4.98 Å². The summed E-state index contributed by atoms with van der Waals surface area (Å²) in [4.78, 5) is 32.6. The molecule has 0 radical (unpaired) electrons. The molecule has 180 valence electrons. The minimum absolute atomic E-state index is 0.0144. The Morgan fingerprint density at radius 3 is 2.17 bits per heavy atom. The van der Waals surface area contributed by atoms with Crippen molar-refractivity contribution < 1.29 is 31.2 Å². The smallest absolute Gasteiger partial charge is 0.278 e. The van der Waals surface area contributed by atoms with Crippen LogP contribution < -0.4 is 9.80 Å². The number of hydrogen-bond acceptors (Lipinski definition) is 5. The lowest BCUT2D eigenvalue weighted by Crippen LogP contribution is -2.39.